The van der Waals surface area contributed by atoms with Crippen LogP contribution in [0.4, 0.5) is 0 Å². The van der Waals surface area contributed by atoms with Crippen molar-refractivity contribution in [3.63, 3.8) is 0 Å². The van der Waals surface area contributed by atoms with Crippen LogP contribution in [-0.4, -0.2) is 7.11 Å². The van der Waals surface area contributed by atoms with Gasteiger partial charge in [0.1, 0.15) is 5.75 Å². The van der Waals surface area contributed by atoms with E-state index in [0.29, 0.717) is 5.92 Å². The minimum atomic E-state index is -0.0727. The van der Waals surface area contributed by atoms with Crippen molar-refractivity contribution >= 4 is 0 Å². The average molecular weight is 231 g/mol. The van der Waals surface area contributed by atoms with Gasteiger partial charge in [-0.05, 0) is 30.4 Å². The van der Waals surface area contributed by atoms with Crippen molar-refractivity contribution in [3.05, 3.63) is 29.3 Å². The predicted molar refractivity (Wildman–Crippen MR) is 70.2 cm³/mol. The number of methoxy groups -OCH3 is 1. The molecule has 0 aliphatic rings. The third-order valence-corrected chi connectivity index (χ3v) is 2.94. The normalized spacial score (nSPS) is 12.2. The first-order chi connectivity index (χ1) is 8.12. The van der Waals surface area contributed by atoms with E-state index in [1.54, 1.807) is 7.11 Å². The summed E-state index contributed by atoms with van der Waals surface area (Å²) in [5.41, 5.74) is 2.29. The second kappa shape index (κ2) is 6.30. The largest absolute Gasteiger partial charge is 0.496 e. The van der Waals surface area contributed by atoms with E-state index in [1.807, 2.05) is 6.07 Å². The molecule has 1 rings (SSSR count). The lowest BCUT2D eigenvalue weighted by Crippen LogP contribution is -2.04. The first-order valence-corrected chi connectivity index (χ1v) is 6.18. The van der Waals surface area contributed by atoms with Gasteiger partial charge in [0.05, 0.1) is 19.1 Å². The summed E-state index contributed by atoms with van der Waals surface area (Å²) in [5.74, 6) is 1.26. The summed E-state index contributed by atoms with van der Waals surface area (Å²) < 4.78 is 5.36. The van der Waals surface area contributed by atoms with Gasteiger partial charge >= 0.3 is 0 Å². The highest BCUT2D eigenvalue weighted by Crippen LogP contribution is 2.31. The zero-order valence-corrected chi connectivity index (χ0v) is 11.2. The lowest BCUT2D eigenvalue weighted by atomic mass is 9.89. The fourth-order valence-electron chi connectivity index (χ4n) is 2.00. The molecule has 1 unspecified atom stereocenters. The zero-order valence-electron chi connectivity index (χ0n) is 11.2. The molecule has 0 aliphatic heterocycles. The van der Waals surface area contributed by atoms with Crippen molar-refractivity contribution in [1.82, 2.24) is 0 Å². The Labute approximate surface area is 104 Å². The number of rotatable bonds is 5. The third-order valence-electron chi connectivity index (χ3n) is 2.94. The summed E-state index contributed by atoms with van der Waals surface area (Å²) in [7, 11) is 1.66. The topological polar surface area (TPSA) is 33.0 Å². The standard InChI is InChI=1S/C15H21NO/c1-5-12-6-7-15(17-4)14(9-12)13(10-16)8-11(2)3/h6-7,9,11,13H,5,8H2,1-4H3. The van der Waals surface area contributed by atoms with Gasteiger partial charge in [-0.3, -0.25) is 0 Å². The second-order valence-corrected chi connectivity index (χ2v) is 4.74. The molecular weight excluding hydrogens is 210 g/mol. The highest BCUT2D eigenvalue weighted by atomic mass is 16.5. The number of ether oxygens (including phenoxy) is 1. The van der Waals surface area contributed by atoms with Crippen molar-refractivity contribution in [2.75, 3.05) is 7.11 Å². The summed E-state index contributed by atoms with van der Waals surface area (Å²) >= 11 is 0. The first-order valence-electron chi connectivity index (χ1n) is 6.18. The van der Waals surface area contributed by atoms with Gasteiger partial charge in [0, 0.05) is 5.56 Å². The Bertz CT molecular complexity index is 404. The summed E-state index contributed by atoms with van der Waals surface area (Å²) in [6.45, 7) is 6.40. The molecule has 92 valence electrons. The molecule has 0 saturated carbocycles. The zero-order chi connectivity index (χ0) is 12.8. The van der Waals surface area contributed by atoms with Crippen LogP contribution in [0, 0.1) is 17.2 Å². The molecule has 0 fully saturated rings. The number of hydrogen-bond acceptors (Lipinski definition) is 2. The Morgan fingerprint density at radius 1 is 1.35 bits per heavy atom. The molecule has 0 heterocycles. The maximum absolute atomic E-state index is 9.31. The maximum Gasteiger partial charge on any atom is 0.123 e. The first kappa shape index (κ1) is 13.6. The molecule has 0 bridgehead atoms. The lowest BCUT2D eigenvalue weighted by molar-refractivity contribution is 0.404. The van der Waals surface area contributed by atoms with Gasteiger partial charge in [-0.15, -0.1) is 0 Å². The average Bonchev–Trinajstić information content (AvgIpc) is 2.34. The fraction of sp³-hybridized carbons (Fsp3) is 0.533. The van der Waals surface area contributed by atoms with E-state index >= 15 is 0 Å². The Balaban J connectivity index is 3.11. The molecule has 0 saturated heterocycles. The lowest BCUT2D eigenvalue weighted by Gasteiger charge is -2.16. The van der Waals surface area contributed by atoms with Crippen molar-refractivity contribution in [3.8, 4) is 11.8 Å². The van der Waals surface area contributed by atoms with Crippen molar-refractivity contribution in [2.24, 2.45) is 5.92 Å². The molecule has 0 amide bonds. The van der Waals surface area contributed by atoms with Crippen molar-refractivity contribution in [2.45, 2.75) is 39.5 Å². The van der Waals surface area contributed by atoms with Crippen molar-refractivity contribution in [1.29, 1.82) is 5.26 Å². The Morgan fingerprint density at radius 3 is 2.53 bits per heavy atom. The SMILES string of the molecule is CCc1ccc(OC)c(C(C#N)CC(C)C)c1. The molecule has 1 aromatic carbocycles. The van der Waals surface area contributed by atoms with Crippen LogP contribution in [0.1, 0.15) is 44.2 Å². The van der Waals surface area contributed by atoms with Crippen LogP contribution in [0.3, 0.4) is 0 Å². The van der Waals surface area contributed by atoms with Crippen LogP contribution in [0.15, 0.2) is 18.2 Å². The van der Waals surface area contributed by atoms with Gasteiger partial charge in [0.25, 0.3) is 0 Å². The van der Waals surface area contributed by atoms with Crippen LogP contribution >= 0.6 is 0 Å². The van der Waals surface area contributed by atoms with E-state index in [9.17, 15) is 5.26 Å². The van der Waals surface area contributed by atoms with Crippen LogP contribution in [0.5, 0.6) is 5.75 Å². The molecule has 2 heteroatoms. The van der Waals surface area contributed by atoms with E-state index in [4.69, 9.17) is 4.74 Å². The quantitative estimate of drug-likeness (QED) is 0.769. The highest BCUT2D eigenvalue weighted by Gasteiger charge is 2.17. The Kier molecular flexibility index (Phi) is 5.03. The fourth-order valence-corrected chi connectivity index (χ4v) is 2.00. The van der Waals surface area contributed by atoms with Crippen LogP contribution in [-0.2, 0) is 6.42 Å². The van der Waals surface area contributed by atoms with Gasteiger partial charge < -0.3 is 4.74 Å². The van der Waals surface area contributed by atoms with E-state index in [2.05, 4.69) is 39.0 Å². The minimum Gasteiger partial charge on any atom is -0.496 e. The molecule has 0 aliphatic carbocycles. The predicted octanol–water partition coefficient (Wildman–Crippen LogP) is 3.91. The van der Waals surface area contributed by atoms with Crippen LogP contribution in [0.2, 0.25) is 0 Å². The molecule has 17 heavy (non-hydrogen) atoms. The van der Waals surface area contributed by atoms with Gasteiger partial charge in [-0.2, -0.15) is 5.26 Å². The van der Waals surface area contributed by atoms with Gasteiger partial charge in [0.2, 0.25) is 0 Å². The molecule has 1 atom stereocenters. The monoisotopic (exact) mass is 231 g/mol. The van der Waals surface area contributed by atoms with E-state index in [0.717, 1.165) is 24.2 Å². The number of hydrogen-bond donors (Lipinski definition) is 0. The van der Waals surface area contributed by atoms with Crippen LogP contribution in [0.25, 0.3) is 0 Å². The van der Waals surface area contributed by atoms with E-state index in [1.165, 1.54) is 5.56 Å². The molecule has 0 radical (unpaired) electrons. The minimum absolute atomic E-state index is 0.0727. The van der Waals surface area contributed by atoms with Gasteiger partial charge in [-0.25, -0.2) is 0 Å². The number of nitriles is 1. The molecule has 2 nitrogen and oxygen atoms in total. The Hall–Kier alpha value is -1.49. The smallest absolute Gasteiger partial charge is 0.123 e. The number of benzene rings is 1. The van der Waals surface area contributed by atoms with Gasteiger partial charge in [0.15, 0.2) is 0 Å². The van der Waals surface area contributed by atoms with Crippen LogP contribution < -0.4 is 4.74 Å². The molecular formula is C15H21NO. The Morgan fingerprint density at radius 2 is 2.06 bits per heavy atom. The molecule has 1 aromatic rings. The molecule has 0 aromatic heterocycles. The van der Waals surface area contributed by atoms with Crippen molar-refractivity contribution < 1.29 is 4.74 Å². The number of nitrogens with zero attached hydrogens (tertiary/aromatic N) is 1. The maximum atomic E-state index is 9.31. The molecule has 0 N–H and O–H groups in total. The summed E-state index contributed by atoms with van der Waals surface area (Å²) in [6.07, 6.45) is 1.86. The number of aryl methyl sites for hydroxylation is 1. The summed E-state index contributed by atoms with van der Waals surface area (Å²) in [4.78, 5) is 0. The summed E-state index contributed by atoms with van der Waals surface area (Å²) in [5, 5.41) is 9.31. The van der Waals surface area contributed by atoms with E-state index in [-0.39, 0.29) is 5.92 Å². The second-order valence-electron chi connectivity index (χ2n) is 4.74. The third kappa shape index (κ3) is 3.49. The van der Waals surface area contributed by atoms with Gasteiger partial charge in [-0.1, -0.05) is 32.9 Å². The van der Waals surface area contributed by atoms with E-state index < -0.39 is 0 Å². The summed E-state index contributed by atoms with van der Waals surface area (Å²) in [6, 6.07) is 8.53. The highest BCUT2D eigenvalue weighted by molar-refractivity contribution is 5.42. The molecule has 0 spiro atoms.